The Morgan fingerprint density at radius 3 is 2.70 bits per heavy atom. The van der Waals surface area contributed by atoms with E-state index in [2.05, 4.69) is 41.5 Å². The summed E-state index contributed by atoms with van der Waals surface area (Å²) in [5.74, 6) is 0.212. The van der Waals surface area contributed by atoms with Gasteiger partial charge in [0.1, 0.15) is 0 Å². The van der Waals surface area contributed by atoms with E-state index in [9.17, 15) is 4.79 Å². The van der Waals surface area contributed by atoms with Gasteiger partial charge in [-0.25, -0.2) is 0 Å². The average molecular weight is 382 g/mol. The van der Waals surface area contributed by atoms with E-state index in [0.29, 0.717) is 11.1 Å². The van der Waals surface area contributed by atoms with Gasteiger partial charge in [-0.1, -0.05) is 48.8 Å². The quantitative estimate of drug-likeness (QED) is 0.606. The van der Waals surface area contributed by atoms with Crippen molar-refractivity contribution in [2.45, 2.75) is 44.3 Å². The van der Waals surface area contributed by atoms with E-state index in [-0.39, 0.29) is 18.3 Å². The minimum Gasteiger partial charge on any atom is -0.403 e. The van der Waals surface area contributed by atoms with Gasteiger partial charge in [0.2, 0.25) is 11.8 Å². The molecule has 1 aromatic heterocycles. The molecule has 2 aromatic carbocycles. The molecule has 0 unspecified atom stereocenters. The molecule has 1 N–H and O–H groups in total. The van der Waals surface area contributed by atoms with Crippen molar-refractivity contribution < 1.29 is 9.21 Å². The maximum Gasteiger partial charge on any atom is 0.322 e. The number of hydrogen-bond acceptors (Lipinski definition) is 5. The monoisotopic (exact) mass is 381 g/mol. The number of carbonyl (C=O) groups is 1. The van der Waals surface area contributed by atoms with Crippen molar-refractivity contribution >= 4 is 23.7 Å². The molecule has 0 atom stereocenters. The fourth-order valence-electron chi connectivity index (χ4n) is 2.75. The molecule has 1 amide bonds. The lowest BCUT2D eigenvalue weighted by atomic mass is 10.0. The van der Waals surface area contributed by atoms with Crippen LogP contribution >= 0.6 is 11.8 Å². The second kappa shape index (κ2) is 8.39. The van der Waals surface area contributed by atoms with Crippen LogP contribution in [0.3, 0.4) is 0 Å². The highest BCUT2D eigenvalue weighted by Gasteiger charge is 2.13. The highest BCUT2D eigenvalue weighted by molar-refractivity contribution is 7.99. The fourth-order valence-corrected chi connectivity index (χ4v) is 3.64. The van der Waals surface area contributed by atoms with Crippen LogP contribution < -0.4 is 5.32 Å². The van der Waals surface area contributed by atoms with Crippen LogP contribution in [0.15, 0.2) is 51.8 Å². The maximum atomic E-state index is 12.3. The molecule has 3 aromatic rings. The summed E-state index contributed by atoms with van der Waals surface area (Å²) in [5.41, 5.74) is 4.09. The second-order valence-corrected chi connectivity index (χ2v) is 8.41. The standard InChI is InChI=1S/C21H23N3O2S/c1-13(2)27-18-7-5-6-17(11-18)20-23-24-21(26-20)22-19(25)12-16-9-8-14(3)10-15(16)4/h5-11,13H,12H2,1-4H3,(H,22,24,25). The first kappa shape index (κ1) is 19.2. The van der Waals surface area contributed by atoms with Crippen LogP contribution in [-0.2, 0) is 11.2 Å². The zero-order valence-corrected chi connectivity index (χ0v) is 16.8. The molecule has 0 bridgehead atoms. The predicted molar refractivity (Wildman–Crippen MR) is 109 cm³/mol. The summed E-state index contributed by atoms with van der Waals surface area (Å²) in [6.07, 6.45) is 0.268. The van der Waals surface area contributed by atoms with Crippen LogP contribution in [0.25, 0.3) is 11.5 Å². The molecule has 27 heavy (non-hydrogen) atoms. The third-order valence-electron chi connectivity index (χ3n) is 3.97. The summed E-state index contributed by atoms with van der Waals surface area (Å²) in [5, 5.41) is 11.2. The van der Waals surface area contributed by atoms with Gasteiger partial charge in [0, 0.05) is 15.7 Å². The molecule has 3 rings (SSSR count). The van der Waals surface area contributed by atoms with E-state index in [1.165, 1.54) is 5.56 Å². The number of hydrogen-bond donors (Lipinski definition) is 1. The summed E-state index contributed by atoms with van der Waals surface area (Å²) < 4.78 is 5.62. The lowest BCUT2D eigenvalue weighted by Gasteiger charge is -2.06. The minimum absolute atomic E-state index is 0.113. The van der Waals surface area contributed by atoms with Gasteiger partial charge in [-0.3, -0.25) is 10.1 Å². The van der Waals surface area contributed by atoms with Gasteiger partial charge in [0.05, 0.1) is 6.42 Å². The van der Waals surface area contributed by atoms with Crippen molar-refractivity contribution in [1.82, 2.24) is 10.2 Å². The van der Waals surface area contributed by atoms with Crippen molar-refractivity contribution in [3.8, 4) is 11.5 Å². The molecule has 0 saturated heterocycles. The lowest BCUT2D eigenvalue weighted by Crippen LogP contribution is -2.15. The Balaban J connectivity index is 1.68. The van der Waals surface area contributed by atoms with Crippen LogP contribution in [0.1, 0.15) is 30.5 Å². The lowest BCUT2D eigenvalue weighted by molar-refractivity contribution is -0.115. The molecule has 5 nitrogen and oxygen atoms in total. The predicted octanol–water partition coefficient (Wildman–Crippen LogP) is 5.04. The Hall–Kier alpha value is -2.60. The molecule has 0 aliphatic rings. The molecule has 140 valence electrons. The van der Waals surface area contributed by atoms with Gasteiger partial charge in [-0.15, -0.1) is 16.9 Å². The number of thioether (sulfide) groups is 1. The summed E-state index contributed by atoms with van der Waals surface area (Å²) >= 11 is 1.77. The summed E-state index contributed by atoms with van der Waals surface area (Å²) in [4.78, 5) is 13.4. The van der Waals surface area contributed by atoms with Crippen LogP contribution in [0.4, 0.5) is 6.01 Å². The maximum absolute atomic E-state index is 12.3. The van der Waals surface area contributed by atoms with E-state index in [0.717, 1.165) is 21.6 Å². The SMILES string of the molecule is Cc1ccc(CC(=O)Nc2nnc(-c3cccc(SC(C)C)c3)o2)c(C)c1. The first-order chi connectivity index (χ1) is 12.9. The van der Waals surface area contributed by atoms with Gasteiger partial charge < -0.3 is 4.42 Å². The molecule has 0 aliphatic carbocycles. The molecule has 0 saturated carbocycles. The van der Waals surface area contributed by atoms with Crippen LogP contribution in [0.5, 0.6) is 0 Å². The number of aryl methyl sites for hydroxylation is 2. The first-order valence-electron chi connectivity index (χ1n) is 8.87. The van der Waals surface area contributed by atoms with Gasteiger partial charge >= 0.3 is 6.01 Å². The number of rotatable bonds is 6. The molecule has 0 radical (unpaired) electrons. The van der Waals surface area contributed by atoms with Crippen molar-refractivity contribution in [2.24, 2.45) is 0 Å². The number of amides is 1. The molecule has 1 heterocycles. The second-order valence-electron chi connectivity index (χ2n) is 6.76. The Bertz CT molecular complexity index is 950. The topological polar surface area (TPSA) is 68.0 Å². The largest absolute Gasteiger partial charge is 0.403 e. The smallest absolute Gasteiger partial charge is 0.322 e. The van der Waals surface area contributed by atoms with E-state index >= 15 is 0 Å². The highest BCUT2D eigenvalue weighted by atomic mass is 32.2. The van der Waals surface area contributed by atoms with E-state index in [1.807, 2.05) is 44.2 Å². The van der Waals surface area contributed by atoms with Gasteiger partial charge in [-0.05, 0) is 43.2 Å². The minimum atomic E-state index is -0.179. The van der Waals surface area contributed by atoms with E-state index < -0.39 is 0 Å². The summed E-state index contributed by atoms with van der Waals surface area (Å²) in [7, 11) is 0. The van der Waals surface area contributed by atoms with Crippen molar-refractivity contribution in [3.63, 3.8) is 0 Å². The van der Waals surface area contributed by atoms with E-state index in [4.69, 9.17) is 4.42 Å². The number of nitrogens with zero attached hydrogens (tertiary/aromatic N) is 2. The van der Waals surface area contributed by atoms with Crippen LogP contribution in [-0.4, -0.2) is 21.4 Å². The number of aromatic nitrogens is 2. The normalized spacial score (nSPS) is 11.0. The Kier molecular flexibility index (Phi) is 5.96. The Morgan fingerprint density at radius 2 is 1.96 bits per heavy atom. The number of nitrogens with one attached hydrogen (secondary N) is 1. The van der Waals surface area contributed by atoms with Crippen molar-refractivity contribution in [1.29, 1.82) is 0 Å². The Morgan fingerprint density at radius 1 is 1.15 bits per heavy atom. The molecule has 0 fully saturated rings. The molecule has 0 aliphatic heterocycles. The third kappa shape index (κ3) is 5.20. The first-order valence-corrected chi connectivity index (χ1v) is 9.75. The zero-order chi connectivity index (χ0) is 19.4. The fraction of sp³-hybridized carbons (Fsp3) is 0.286. The summed E-state index contributed by atoms with van der Waals surface area (Å²) in [6.45, 7) is 8.33. The van der Waals surface area contributed by atoms with Crippen LogP contribution in [0.2, 0.25) is 0 Å². The molecule has 6 heteroatoms. The summed E-state index contributed by atoms with van der Waals surface area (Å²) in [6, 6.07) is 14.1. The zero-order valence-electron chi connectivity index (χ0n) is 15.9. The molecule has 0 spiro atoms. The van der Waals surface area contributed by atoms with Gasteiger partial charge in [0.15, 0.2) is 0 Å². The molecular formula is C21H23N3O2S. The third-order valence-corrected chi connectivity index (χ3v) is 4.97. The van der Waals surface area contributed by atoms with Gasteiger partial charge in [-0.2, -0.15) is 0 Å². The van der Waals surface area contributed by atoms with Crippen LogP contribution in [0, 0.1) is 13.8 Å². The Labute approximate surface area is 163 Å². The van der Waals surface area contributed by atoms with E-state index in [1.54, 1.807) is 11.8 Å². The number of benzene rings is 2. The molecular weight excluding hydrogens is 358 g/mol. The number of carbonyl (C=O) groups excluding carboxylic acids is 1. The van der Waals surface area contributed by atoms with Crippen molar-refractivity contribution in [3.05, 3.63) is 59.2 Å². The van der Waals surface area contributed by atoms with Crippen molar-refractivity contribution in [2.75, 3.05) is 5.32 Å². The number of anilines is 1. The highest BCUT2D eigenvalue weighted by Crippen LogP contribution is 2.28. The van der Waals surface area contributed by atoms with Gasteiger partial charge in [0.25, 0.3) is 0 Å². The average Bonchev–Trinajstić information content (AvgIpc) is 3.05.